The Kier molecular flexibility index (Phi) is 9.25. The molecule has 0 amide bonds. The van der Waals surface area contributed by atoms with Gasteiger partial charge in [0, 0.05) is 22.5 Å². The van der Waals surface area contributed by atoms with Gasteiger partial charge in [0.1, 0.15) is 0 Å². The van der Waals surface area contributed by atoms with Crippen molar-refractivity contribution in [1.29, 1.82) is 0 Å². The molecule has 0 fully saturated rings. The maximum atomic E-state index is 2.41. The van der Waals surface area contributed by atoms with E-state index in [2.05, 4.69) is 257 Å². The van der Waals surface area contributed by atoms with Gasteiger partial charge in [-0.05, 0) is 137 Å². The van der Waals surface area contributed by atoms with Crippen LogP contribution in [0.1, 0.15) is 49.9 Å². The molecule has 0 spiro atoms. The Morgan fingerprint density at radius 2 is 0.746 bits per heavy atom. The van der Waals surface area contributed by atoms with E-state index in [0.717, 1.165) is 17.1 Å². The van der Waals surface area contributed by atoms with E-state index in [1.807, 2.05) is 0 Å². The van der Waals surface area contributed by atoms with Crippen LogP contribution in [0.4, 0.5) is 17.1 Å². The van der Waals surface area contributed by atoms with Crippen molar-refractivity contribution in [3.8, 4) is 44.5 Å². The lowest BCUT2D eigenvalue weighted by molar-refractivity contribution is 0.589. The molecule has 0 saturated heterocycles. The highest BCUT2D eigenvalue weighted by molar-refractivity contribution is 5.99. The highest BCUT2D eigenvalue weighted by Crippen LogP contribution is 2.55. The van der Waals surface area contributed by atoms with Gasteiger partial charge in [-0.1, -0.05) is 209 Å². The fourth-order valence-electron chi connectivity index (χ4n) is 10.2. The Hall–Kier alpha value is -7.48. The molecule has 0 saturated carbocycles. The maximum absolute atomic E-state index is 2.41. The molecule has 10 aromatic carbocycles. The summed E-state index contributed by atoms with van der Waals surface area (Å²) in [6, 6.07) is 83.0. The molecule has 0 heterocycles. The van der Waals surface area contributed by atoms with Gasteiger partial charge in [-0.3, -0.25) is 0 Å². The van der Waals surface area contributed by atoms with E-state index in [-0.39, 0.29) is 10.8 Å². The lowest BCUT2D eigenvalue weighted by atomic mass is 9.73. The first-order chi connectivity index (χ1) is 30.8. The summed E-state index contributed by atoms with van der Waals surface area (Å²) in [5.74, 6) is 0. The summed E-state index contributed by atoms with van der Waals surface area (Å²) in [5.41, 5.74) is 18.5. The average molecular weight is 808 g/mol. The summed E-state index contributed by atoms with van der Waals surface area (Å²) in [7, 11) is 0. The second-order valence-electron chi connectivity index (χ2n) is 18.3. The molecule has 1 heteroatoms. The van der Waals surface area contributed by atoms with E-state index in [9.17, 15) is 0 Å². The van der Waals surface area contributed by atoms with E-state index in [1.165, 1.54) is 88.3 Å². The molecule has 1 aliphatic carbocycles. The van der Waals surface area contributed by atoms with Crippen LogP contribution in [0.15, 0.2) is 224 Å². The number of hydrogen-bond donors (Lipinski definition) is 0. The highest BCUT2D eigenvalue weighted by Gasteiger charge is 2.41. The van der Waals surface area contributed by atoms with Gasteiger partial charge in [0.2, 0.25) is 0 Å². The number of fused-ring (bicyclic) bond motifs is 5. The molecule has 1 aliphatic rings. The van der Waals surface area contributed by atoms with E-state index >= 15 is 0 Å². The fourth-order valence-corrected chi connectivity index (χ4v) is 10.2. The van der Waals surface area contributed by atoms with Gasteiger partial charge in [0.05, 0.1) is 0 Å². The summed E-state index contributed by atoms with van der Waals surface area (Å²) >= 11 is 0. The third-order valence-corrected chi connectivity index (χ3v) is 13.6. The van der Waals surface area contributed by atoms with Crippen LogP contribution in [-0.4, -0.2) is 0 Å². The van der Waals surface area contributed by atoms with Crippen molar-refractivity contribution in [2.45, 2.75) is 38.5 Å². The Morgan fingerprint density at radius 1 is 0.349 bits per heavy atom. The molecule has 1 nitrogen and oxygen atoms in total. The van der Waals surface area contributed by atoms with Gasteiger partial charge in [-0.25, -0.2) is 0 Å². The van der Waals surface area contributed by atoms with Gasteiger partial charge < -0.3 is 4.90 Å². The maximum Gasteiger partial charge on any atom is 0.0462 e. The van der Waals surface area contributed by atoms with Crippen molar-refractivity contribution in [2.75, 3.05) is 4.90 Å². The Balaban J connectivity index is 0.998. The third kappa shape index (κ3) is 6.55. The molecular weight excluding hydrogens is 759 g/mol. The van der Waals surface area contributed by atoms with Gasteiger partial charge in [0.25, 0.3) is 0 Å². The van der Waals surface area contributed by atoms with Crippen LogP contribution in [0.3, 0.4) is 0 Å². The van der Waals surface area contributed by atoms with Gasteiger partial charge in [-0.15, -0.1) is 0 Å². The Morgan fingerprint density at radius 3 is 1.27 bits per heavy atom. The molecule has 0 bridgehead atoms. The van der Waals surface area contributed by atoms with Crippen molar-refractivity contribution in [1.82, 2.24) is 0 Å². The molecule has 0 aromatic heterocycles. The van der Waals surface area contributed by atoms with Crippen molar-refractivity contribution in [2.24, 2.45) is 0 Å². The first-order valence-corrected chi connectivity index (χ1v) is 22.2. The smallest absolute Gasteiger partial charge is 0.0462 e. The summed E-state index contributed by atoms with van der Waals surface area (Å²) in [5, 5.41) is 5.02. The standard InChI is InChI=1S/C62H49N/c1-61(2,3)47-32-34-48(35-33-47)62(4)58-24-10-9-20-57(58)60-56(23-13-25-59(60)62)46-30-40-51(41-31-46)63(49-36-26-44(27-37-49)54-21-11-16-42-14-5-7-18-52(42)54)50-38-28-45(29-39-50)55-22-12-17-43-15-6-8-19-53(43)55/h5-41H,1-4H3. The van der Waals surface area contributed by atoms with Crippen LogP contribution in [0, 0.1) is 0 Å². The SMILES string of the molecule is CC(C)(C)c1ccc(C2(C)c3ccccc3-c3c(-c4ccc(N(c5ccc(-c6cccc7ccccc67)cc5)c5ccc(-c6cccc7ccccc67)cc5)cc4)cccc32)cc1. The number of rotatable bonds is 7. The second-order valence-corrected chi connectivity index (χ2v) is 18.3. The molecular formula is C62H49N. The Bertz CT molecular complexity index is 3160. The summed E-state index contributed by atoms with van der Waals surface area (Å²) in [4.78, 5) is 2.38. The molecule has 11 rings (SSSR count). The van der Waals surface area contributed by atoms with Crippen LogP contribution >= 0.6 is 0 Å². The Labute approximate surface area is 371 Å². The number of hydrogen-bond acceptors (Lipinski definition) is 1. The second kappa shape index (κ2) is 15.2. The molecule has 63 heavy (non-hydrogen) atoms. The van der Waals surface area contributed by atoms with E-state index in [1.54, 1.807) is 0 Å². The molecule has 1 atom stereocenters. The molecule has 0 radical (unpaired) electrons. The molecule has 302 valence electrons. The van der Waals surface area contributed by atoms with Crippen LogP contribution in [0.2, 0.25) is 0 Å². The highest BCUT2D eigenvalue weighted by atomic mass is 15.1. The van der Waals surface area contributed by atoms with Crippen molar-refractivity contribution in [3.63, 3.8) is 0 Å². The lowest BCUT2D eigenvalue weighted by Gasteiger charge is -2.29. The van der Waals surface area contributed by atoms with Crippen molar-refractivity contribution >= 4 is 38.6 Å². The summed E-state index contributed by atoms with van der Waals surface area (Å²) in [6.45, 7) is 9.26. The predicted molar refractivity (Wildman–Crippen MR) is 269 cm³/mol. The number of benzene rings is 10. The predicted octanol–water partition coefficient (Wildman–Crippen LogP) is 17.1. The van der Waals surface area contributed by atoms with Crippen LogP contribution < -0.4 is 4.90 Å². The topological polar surface area (TPSA) is 3.24 Å². The van der Waals surface area contributed by atoms with Gasteiger partial charge in [-0.2, -0.15) is 0 Å². The van der Waals surface area contributed by atoms with Crippen molar-refractivity contribution in [3.05, 3.63) is 247 Å². The lowest BCUT2D eigenvalue weighted by Crippen LogP contribution is -2.23. The largest absolute Gasteiger partial charge is 0.311 e. The van der Waals surface area contributed by atoms with Crippen LogP contribution in [0.25, 0.3) is 66.1 Å². The molecule has 1 unspecified atom stereocenters. The van der Waals surface area contributed by atoms with Gasteiger partial charge in [0.15, 0.2) is 0 Å². The minimum absolute atomic E-state index is 0.0989. The van der Waals surface area contributed by atoms with Gasteiger partial charge >= 0.3 is 0 Å². The minimum Gasteiger partial charge on any atom is -0.311 e. The molecule has 0 aliphatic heterocycles. The minimum atomic E-state index is -0.272. The molecule has 10 aromatic rings. The zero-order valence-corrected chi connectivity index (χ0v) is 36.3. The normalized spacial score (nSPS) is 14.4. The molecule has 0 N–H and O–H groups in total. The van der Waals surface area contributed by atoms with E-state index < -0.39 is 0 Å². The summed E-state index contributed by atoms with van der Waals surface area (Å²) in [6.07, 6.45) is 0. The number of anilines is 3. The van der Waals surface area contributed by atoms with E-state index in [0.29, 0.717) is 0 Å². The first kappa shape index (κ1) is 38.4. The van der Waals surface area contributed by atoms with Crippen LogP contribution in [-0.2, 0) is 10.8 Å². The quantitative estimate of drug-likeness (QED) is 0.155. The first-order valence-electron chi connectivity index (χ1n) is 22.2. The number of nitrogens with zero attached hydrogens (tertiary/aromatic N) is 1. The zero-order valence-electron chi connectivity index (χ0n) is 36.3. The summed E-state index contributed by atoms with van der Waals surface area (Å²) < 4.78 is 0. The average Bonchev–Trinajstić information content (AvgIpc) is 3.60. The zero-order chi connectivity index (χ0) is 42.7. The third-order valence-electron chi connectivity index (χ3n) is 13.6. The fraction of sp³-hybridized carbons (Fsp3) is 0.0968. The van der Waals surface area contributed by atoms with E-state index in [4.69, 9.17) is 0 Å². The monoisotopic (exact) mass is 807 g/mol. The van der Waals surface area contributed by atoms with Crippen molar-refractivity contribution < 1.29 is 0 Å². The van der Waals surface area contributed by atoms with Crippen LogP contribution in [0.5, 0.6) is 0 Å².